The molecule has 0 radical (unpaired) electrons. The standard InChI is InChI=1S/C25H27ClN6O2S/c1-13(16-5-4-10-32(16)2)33-19-11-18(26)29-24(30-19)21-14-7-9-25(22(14)34-31-21)8-3-6-17-20(25)15(12-27)23(28)35-17/h11,13,16H,3-10,28H2,1-2H3/t13-,16-,25?/m0/s1. The first-order chi connectivity index (χ1) is 16.9. The van der Waals surface area contributed by atoms with E-state index >= 15 is 0 Å². The Morgan fingerprint density at radius 3 is 2.97 bits per heavy atom. The zero-order valence-corrected chi connectivity index (χ0v) is 21.4. The summed E-state index contributed by atoms with van der Waals surface area (Å²) >= 11 is 7.92. The van der Waals surface area contributed by atoms with E-state index in [1.807, 2.05) is 0 Å². The van der Waals surface area contributed by atoms with E-state index in [1.54, 1.807) is 6.07 Å². The third kappa shape index (κ3) is 3.53. The molecule has 1 aliphatic heterocycles. The second kappa shape index (κ2) is 8.47. The number of ether oxygens (including phenoxy) is 1. The third-order valence-corrected chi connectivity index (χ3v) is 9.21. The molecule has 3 aromatic rings. The van der Waals surface area contributed by atoms with Crippen LogP contribution in [0.2, 0.25) is 5.15 Å². The van der Waals surface area contributed by atoms with Crippen molar-refractivity contribution < 1.29 is 9.26 Å². The smallest absolute Gasteiger partial charge is 0.218 e. The van der Waals surface area contributed by atoms with Gasteiger partial charge in [0.1, 0.15) is 22.3 Å². The Balaban J connectivity index is 1.37. The summed E-state index contributed by atoms with van der Waals surface area (Å²) in [6.45, 7) is 3.14. The summed E-state index contributed by atoms with van der Waals surface area (Å²) in [5.74, 6) is 1.66. The summed E-state index contributed by atoms with van der Waals surface area (Å²) in [5, 5.41) is 15.2. The number of likely N-dealkylation sites (tertiary alicyclic amines) is 1. The Bertz CT molecular complexity index is 1350. The number of nitrogens with two attached hydrogens (primary N) is 1. The maximum atomic E-state index is 9.85. The van der Waals surface area contributed by atoms with Crippen LogP contribution in [0.5, 0.6) is 5.88 Å². The van der Waals surface area contributed by atoms with Gasteiger partial charge in [0.05, 0.1) is 11.0 Å². The van der Waals surface area contributed by atoms with Crippen molar-refractivity contribution in [3.05, 3.63) is 38.5 Å². The molecule has 1 fully saturated rings. The highest BCUT2D eigenvalue weighted by molar-refractivity contribution is 7.16. The van der Waals surface area contributed by atoms with E-state index < -0.39 is 0 Å². The number of aryl methyl sites for hydroxylation is 1. The van der Waals surface area contributed by atoms with Crippen LogP contribution in [0.3, 0.4) is 0 Å². The van der Waals surface area contributed by atoms with Crippen LogP contribution in [-0.4, -0.2) is 45.8 Å². The second-order valence-electron chi connectivity index (χ2n) is 9.89. The lowest BCUT2D eigenvalue weighted by molar-refractivity contribution is 0.117. The van der Waals surface area contributed by atoms with Crippen molar-refractivity contribution in [2.45, 2.75) is 69.4 Å². The highest BCUT2D eigenvalue weighted by atomic mass is 35.5. The molecule has 0 aromatic carbocycles. The van der Waals surface area contributed by atoms with Crippen LogP contribution in [0.4, 0.5) is 5.00 Å². The van der Waals surface area contributed by atoms with Crippen LogP contribution >= 0.6 is 22.9 Å². The van der Waals surface area contributed by atoms with Crippen LogP contribution in [0, 0.1) is 11.3 Å². The summed E-state index contributed by atoms with van der Waals surface area (Å²) in [6.07, 6.45) is 6.73. The van der Waals surface area contributed by atoms with Crippen molar-refractivity contribution in [3.8, 4) is 23.5 Å². The zero-order chi connectivity index (χ0) is 24.3. The zero-order valence-electron chi connectivity index (χ0n) is 19.8. The molecule has 0 amide bonds. The molecule has 1 unspecified atom stereocenters. The van der Waals surface area contributed by atoms with Gasteiger partial charge in [-0.2, -0.15) is 10.2 Å². The first-order valence-corrected chi connectivity index (χ1v) is 13.3. The average Bonchev–Trinajstić information content (AvgIpc) is 3.58. The Morgan fingerprint density at radius 2 is 2.20 bits per heavy atom. The number of likely N-dealkylation sites (N-methyl/N-ethyl adjacent to an activating group) is 1. The number of fused-ring (bicyclic) bond motifs is 4. The van der Waals surface area contributed by atoms with Crippen LogP contribution < -0.4 is 10.5 Å². The van der Waals surface area contributed by atoms with Gasteiger partial charge in [0.25, 0.3) is 0 Å². The number of nitrogen functional groups attached to an aromatic ring is 1. The van der Waals surface area contributed by atoms with Gasteiger partial charge in [-0.25, -0.2) is 4.98 Å². The molecule has 2 aliphatic carbocycles. The lowest BCUT2D eigenvalue weighted by Gasteiger charge is -2.32. The lowest BCUT2D eigenvalue weighted by atomic mass is 9.70. The number of aromatic nitrogens is 3. The summed E-state index contributed by atoms with van der Waals surface area (Å²) < 4.78 is 12.2. The molecule has 3 aromatic heterocycles. The maximum absolute atomic E-state index is 9.85. The second-order valence-corrected chi connectivity index (χ2v) is 11.4. The van der Waals surface area contributed by atoms with E-state index in [1.165, 1.54) is 22.6 Å². The predicted octanol–water partition coefficient (Wildman–Crippen LogP) is 4.73. The third-order valence-electron chi connectivity index (χ3n) is 7.94. The van der Waals surface area contributed by atoms with Gasteiger partial charge in [0.15, 0.2) is 17.3 Å². The first-order valence-electron chi connectivity index (χ1n) is 12.1. The summed E-state index contributed by atoms with van der Waals surface area (Å²) in [7, 11) is 2.12. The van der Waals surface area contributed by atoms with Crippen LogP contribution in [0.25, 0.3) is 11.5 Å². The quantitative estimate of drug-likeness (QED) is 0.501. The fourth-order valence-corrected chi connectivity index (χ4v) is 7.68. The van der Waals surface area contributed by atoms with Gasteiger partial charge in [0, 0.05) is 22.5 Å². The number of rotatable bonds is 4. The first kappa shape index (κ1) is 22.8. The number of anilines is 1. The number of thiophene rings is 1. The molecule has 4 heterocycles. The molecule has 2 N–H and O–H groups in total. The van der Waals surface area contributed by atoms with Crippen LogP contribution in [0.1, 0.15) is 66.4 Å². The molecule has 6 rings (SSSR count). The van der Waals surface area contributed by atoms with Gasteiger partial charge in [-0.05, 0) is 71.0 Å². The van der Waals surface area contributed by atoms with Crippen LogP contribution in [0.15, 0.2) is 10.6 Å². The molecule has 8 nitrogen and oxygen atoms in total. The Morgan fingerprint density at radius 1 is 1.34 bits per heavy atom. The Hall–Kier alpha value is -2.67. The minimum atomic E-state index is -0.368. The molecule has 182 valence electrons. The molecular formula is C25H27ClN6O2S. The summed E-state index contributed by atoms with van der Waals surface area (Å²) in [5.41, 5.74) is 9.08. The molecule has 1 spiro atoms. The minimum Gasteiger partial charge on any atom is -0.473 e. The number of hydrogen-bond donors (Lipinski definition) is 1. The fraction of sp³-hybridized carbons (Fsp3) is 0.520. The largest absolute Gasteiger partial charge is 0.473 e. The number of nitrogens with zero attached hydrogens (tertiary/aromatic N) is 5. The van der Waals surface area contributed by atoms with E-state index in [4.69, 9.17) is 26.6 Å². The highest BCUT2D eigenvalue weighted by Gasteiger charge is 2.50. The van der Waals surface area contributed by atoms with Crippen molar-refractivity contribution in [2.24, 2.45) is 0 Å². The molecule has 3 aliphatic rings. The number of halogens is 1. The summed E-state index contributed by atoms with van der Waals surface area (Å²) in [6, 6.07) is 4.34. The molecule has 0 bridgehead atoms. The normalized spacial score (nSPS) is 24.3. The van der Waals surface area contributed by atoms with Gasteiger partial charge >= 0.3 is 0 Å². The molecule has 10 heteroatoms. The minimum absolute atomic E-state index is 0.0262. The lowest BCUT2D eigenvalue weighted by Crippen LogP contribution is -2.38. The van der Waals surface area contributed by atoms with Gasteiger partial charge < -0.3 is 15.0 Å². The summed E-state index contributed by atoms with van der Waals surface area (Å²) in [4.78, 5) is 12.7. The SMILES string of the molecule is C[C@H](Oc1cc(Cl)nc(-c2noc3c2CCC32CCCc3sc(N)c(C#N)c32)n1)[C@@H]1CCCN1C. The van der Waals surface area contributed by atoms with E-state index in [0.29, 0.717) is 39.2 Å². The monoisotopic (exact) mass is 510 g/mol. The average molecular weight is 511 g/mol. The maximum Gasteiger partial charge on any atom is 0.218 e. The predicted molar refractivity (Wildman–Crippen MR) is 134 cm³/mol. The van der Waals surface area contributed by atoms with Gasteiger partial charge in [-0.1, -0.05) is 16.8 Å². The molecule has 35 heavy (non-hydrogen) atoms. The van der Waals surface area contributed by atoms with Crippen molar-refractivity contribution in [2.75, 3.05) is 19.3 Å². The van der Waals surface area contributed by atoms with E-state index in [2.05, 4.69) is 40.1 Å². The number of nitriles is 1. The van der Waals surface area contributed by atoms with Gasteiger partial charge in [-0.15, -0.1) is 11.3 Å². The van der Waals surface area contributed by atoms with Crippen molar-refractivity contribution >= 4 is 27.9 Å². The van der Waals surface area contributed by atoms with Crippen molar-refractivity contribution in [1.82, 2.24) is 20.0 Å². The Kier molecular flexibility index (Phi) is 5.51. The van der Waals surface area contributed by atoms with Crippen molar-refractivity contribution in [3.63, 3.8) is 0 Å². The van der Waals surface area contributed by atoms with Crippen molar-refractivity contribution in [1.29, 1.82) is 5.26 Å². The van der Waals surface area contributed by atoms with E-state index in [0.717, 1.165) is 62.0 Å². The van der Waals surface area contributed by atoms with Gasteiger partial charge in [-0.3, -0.25) is 4.90 Å². The molecule has 1 saturated heterocycles. The van der Waals surface area contributed by atoms with Gasteiger partial charge in [0.2, 0.25) is 5.88 Å². The Labute approximate surface area is 213 Å². The molecule has 0 saturated carbocycles. The highest BCUT2D eigenvalue weighted by Crippen LogP contribution is 2.56. The molecular weight excluding hydrogens is 484 g/mol. The topological polar surface area (TPSA) is 114 Å². The van der Waals surface area contributed by atoms with E-state index in [-0.39, 0.29) is 11.5 Å². The van der Waals surface area contributed by atoms with E-state index in [9.17, 15) is 5.26 Å². The fourth-order valence-electron chi connectivity index (χ4n) is 6.35. The molecule has 3 atom stereocenters. The van der Waals surface area contributed by atoms with Crippen LogP contribution in [-0.2, 0) is 18.3 Å². The number of hydrogen-bond acceptors (Lipinski definition) is 9.